The second kappa shape index (κ2) is 10.4. The minimum absolute atomic E-state index is 0.000512. The van der Waals surface area contributed by atoms with Crippen LogP contribution in [0.4, 0.5) is 5.13 Å². The van der Waals surface area contributed by atoms with Crippen LogP contribution in [0.25, 0.3) is 22.0 Å². The van der Waals surface area contributed by atoms with E-state index < -0.39 is 15.6 Å². The highest BCUT2D eigenvalue weighted by atomic mass is 35.5. The van der Waals surface area contributed by atoms with E-state index in [0.717, 1.165) is 15.6 Å². The summed E-state index contributed by atoms with van der Waals surface area (Å²) in [5, 5.41) is 15.7. The van der Waals surface area contributed by atoms with E-state index in [4.69, 9.17) is 21.1 Å². The fourth-order valence-electron chi connectivity index (χ4n) is 3.93. The van der Waals surface area contributed by atoms with Crippen molar-refractivity contribution >= 4 is 48.9 Å². The summed E-state index contributed by atoms with van der Waals surface area (Å²) in [5.41, 5.74) is 2.63. The zero-order valence-electron chi connectivity index (χ0n) is 20.1. The summed E-state index contributed by atoms with van der Waals surface area (Å²) in [6.45, 7) is -0.000512. The maximum Gasteiger partial charge on any atom is 0.272 e. The van der Waals surface area contributed by atoms with Crippen molar-refractivity contribution in [2.45, 2.75) is 11.4 Å². The normalized spacial score (nSPS) is 11.4. The Balaban J connectivity index is 1.61. The van der Waals surface area contributed by atoms with Crippen LogP contribution in [0, 0.1) is 0 Å². The number of methoxy groups -OCH3 is 2. The smallest absolute Gasteiger partial charge is 0.272 e. The monoisotopic (exact) mass is 569 g/mol. The predicted molar refractivity (Wildman–Crippen MR) is 146 cm³/mol. The number of hydrogen-bond donors (Lipinski definition) is 1. The second-order valence-electron chi connectivity index (χ2n) is 8.03. The molecule has 0 saturated heterocycles. The Bertz CT molecular complexity index is 1780. The Hall–Kier alpha value is -4.00. The van der Waals surface area contributed by atoms with Gasteiger partial charge in [-0.3, -0.25) is 4.79 Å². The molecule has 5 rings (SSSR count). The minimum Gasteiger partial charge on any atom is -0.497 e. The van der Waals surface area contributed by atoms with Gasteiger partial charge in [0.1, 0.15) is 22.7 Å². The molecule has 0 radical (unpaired) electrons. The van der Waals surface area contributed by atoms with Gasteiger partial charge in [-0.2, -0.15) is 5.10 Å². The highest BCUT2D eigenvalue weighted by Crippen LogP contribution is 2.35. The highest BCUT2D eigenvalue weighted by molar-refractivity contribution is 7.93. The van der Waals surface area contributed by atoms with Crippen LogP contribution in [-0.4, -0.2) is 43.0 Å². The Labute approximate surface area is 226 Å². The van der Waals surface area contributed by atoms with Crippen molar-refractivity contribution in [3.05, 3.63) is 87.1 Å². The molecule has 1 N–H and O–H groups in total. The maximum atomic E-state index is 13.9. The number of nitrogens with zero attached hydrogens (tertiary/aromatic N) is 4. The molecule has 13 heteroatoms. The van der Waals surface area contributed by atoms with Gasteiger partial charge in [-0.1, -0.05) is 41.1 Å². The number of halogens is 1. The standard InChI is InChI=1S/C25H20ClN5O5S2/c1-35-17-6-3-15(4-7-17)13-31(25-30-27-14-37-25)38(33,34)18-8-10-19-21(12-18)24(32)29-28-23(19)20-9-5-16(26)11-22(20)36-2/h3-12,14H,13H2,1-2H3,(H,29,32). The molecule has 3 aromatic carbocycles. The summed E-state index contributed by atoms with van der Waals surface area (Å²) < 4.78 is 39.6. The molecule has 5 aromatic rings. The van der Waals surface area contributed by atoms with Gasteiger partial charge in [-0.05, 0) is 48.0 Å². The summed E-state index contributed by atoms with van der Waals surface area (Å²) in [5.74, 6) is 1.10. The maximum absolute atomic E-state index is 13.9. The van der Waals surface area contributed by atoms with Crippen LogP contribution in [0.1, 0.15) is 5.56 Å². The number of sulfonamides is 1. The molecule has 0 aliphatic carbocycles. The first-order valence-electron chi connectivity index (χ1n) is 11.1. The van der Waals surface area contributed by atoms with Gasteiger partial charge in [0.2, 0.25) is 5.13 Å². The van der Waals surface area contributed by atoms with Gasteiger partial charge < -0.3 is 9.47 Å². The number of hydrogen-bond acceptors (Lipinski definition) is 9. The number of rotatable bonds is 8. The van der Waals surface area contributed by atoms with E-state index in [1.165, 1.54) is 24.8 Å². The van der Waals surface area contributed by atoms with Crippen molar-refractivity contribution in [2.24, 2.45) is 0 Å². The van der Waals surface area contributed by atoms with Gasteiger partial charge in [0.05, 0.1) is 31.0 Å². The van der Waals surface area contributed by atoms with Crippen molar-refractivity contribution in [3.63, 3.8) is 0 Å². The molecule has 0 saturated carbocycles. The highest BCUT2D eigenvalue weighted by Gasteiger charge is 2.28. The Morgan fingerprint density at radius 2 is 1.79 bits per heavy atom. The third-order valence-electron chi connectivity index (χ3n) is 5.81. The molecule has 194 valence electrons. The number of anilines is 1. The summed E-state index contributed by atoms with van der Waals surface area (Å²) in [6, 6.07) is 16.4. The number of aromatic amines is 1. The molecule has 0 amide bonds. The molecule has 0 unspecified atom stereocenters. The van der Waals surface area contributed by atoms with Crippen LogP contribution in [0.5, 0.6) is 11.5 Å². The predicted octanol–water partition coefficient (Wildman–Crippen LogP) is 4.51. The molecule has 0 bridgehead atoms. The van der Waals surface area contributed by atoms with Gasteiger partial charge in [-0.25, -0.2) is 17.8 Å². The lowest BCUT2D eigenvalue weighted by Crippen LogP contribution is -2.30. The van der Waals surface area contributed by atoms with Crippen LogP contribution in [0.2, 0.25) is 5.02 Å². The van der Waals surface area contributed by atoms with Crippen molar-refractivity contribution in [1.29, 1.82) is 0 Å². The largest absolute Gasteiger partial charge is 0.497 e. The zero-order valence-corrected chi connectivity index (χ0v) is 22.5. The van der Waals surface area contributed by atoms with Gasteiger partial charge in [0, 0.05) is 16.0 Å². The molecule has 0 fully saturated rings. The Kier molecular flexibility index (Phi) is 7.02. The van der Waals surface area contributed by atoms with E-state index in [9.17, 15) is 13.2 Å². The summed E-state index contributed by atoms with van der Waals surface area (Å²) >= 11 is 7.19. The van der Waals surface area contributed by atoms with Crippen LogP contribution in [0.15, 0.2) is 75.9 Å². The van der Waals surface area contributed by atoms with Gasteiger partial charge in [0.25, 0.3) is 15.6 Å². The second-order valence-corrected chi connectivity index (χ2v) is 11.1. The first-order chi connectivity index (χ1) is 18.3. The first-order valence-corrected chi connectivity index (χ1v) is 13.8. The molecule has 38 heavy (non-hydrogen) atoms. The van der Waals surface area contributed by atoms with Crippen molar-refractivity contribution in [3.8, 4) is 22.8 Å². The van der Waals surface area contributed by atoms with E-state index in [2.05, 4.69) is 20.4 Å². The Morgan fingerprint density at radius 1 is 1.00 bits per heavy atom. The van der Waals surface area contributed by atoms with E-state index in [-0.39, 0.29) is 22.0 Å². The van der Waals surface area contributed by atoms with Crippen molar-refractivity contribution in [2.75, 3.05) is 18.5 Å². The molecule has 0 aliphatic rings. The number of H-pyrrole nitrogens is 1. The van der Waals surface area contributed by atoms with E-state index in [1.807, 2.05) is 0 Å². The quantitative estimate of drug-likeness (QED) is 0.289. The van der Waals surface area contributed by atoms with E-state index in [0.29, 0.717) is 38.7 Å². The fraction of sp³-hybridized carbons (Fsp3) is 0.120. The van der Waals surface area contributed by atoms with E-state index in [1.54, 1.807) is 55.6 Å². The van der Waals surface area contributed by atoms with Crippen molar-refractivity contribution < 1.29 is 17.9 Å². The minimum atomic E-state index is -4.15. The zero-order chi connectivity index (χ0) is 26.9. The van der Waals surface area contributed by atoms with Crippen LogP contribution in [-0.2, 0) is 16.6 Å². The number of benzene rings is 3. The van der Waals surface area contributed by atoms with E-state index >= 15 is 0 Å². The van der Waals surface area contributed by atoms with Gasteiger partial charge in [0.15, 0.2) is 0 Å². The fourth-order valence-corrected chi connectivity index (χ4v) is 6.30. The molecule has 2 heterocycles. The molecular formula is C25H20ClN5O5S2. The summed E-state index contributed by atoms with van der Waals surface area (Å²) in [4.78, 5) is 12.7. The molecule has 10 nitrogen and oxygen atoms in total. The third-order valence-corrected chi connectivity index (χ3v) is 8.61. The topological polar surface area (TPSA) is 127 Å². The van der Waals surface area contributed by atoms with Crippen LogP contribution in [0.3, 0.4) is 0 Å². The molecule has 0 atom stereocenters. The number of nitrogens with one attached hydrogen (secondary N) is 1. The molecular weight excluding hydrogens is 550 g/mol. The summed E-state index contributed by atoms with van der Waals surface area (Å²) in [7, 11) is -1.09. The lowest BCUT2D eigenvalue weighted by Gasteiger charge is -2.22. The number of fused-ring (bicyclic) bond motifs is 1. The summed E-state index contributed by atoms with van der Waals surface area (Å²) in [6.07, 6.45) is 0. The lowest BCUT2D eigenvalue weighted by atomic mass is 10.0. The first kappa shape index (κ1) is 25.6. The lowest BCUT2D eigenvalue weighted by molar-refractivity contribution is 0.414. The van der Waals surface area contributed by atoms with Crippen LogP contribution < -0.4 is 19.3 Å². The molecule has 2 aromatic heterocycles. The van der Waals surface area contributed by atoms with Gasteiger partial charge >= 0.3 is 0 Å². The number of ether oxygens (including phenoxy) is 2. The Morgan fingerprint density at radius 3 is 2.47 bits per heavy atom. The average Bonchev–Trinajstić information content (AvgIpc) is 3.47. The molecule has 0 aliphatic heterocycles. The SMILES string of the molecule is COc1ccc(CN(c2nncs2)S(=O)(=O)c2ccc3c(-c4ccc(Cl)cc4OC)n[nH]c(=O)c3c2)cc1. The van der Waals surface area contributed by atoms with Crippen LogP contribution >= 0.6 is 22.9 Å². The van der Waals surface area contributed by atoms with Crippen molar-refractivity contribution in [1.82, 2.24) is 20.4 Å². The van der Waals surface area contributed by atoms with Gasteiger partial charge in [-0.15, -0.1) is 10.2 Å². The number of aromatic nitrogens is 4. The average molecular weight is 570 g/mol. The third kappa shape index (κ3) is 4.80. The molecule has 0 spiro atoms.